The summed E-state index contributed by atoms with van der Waals surface area (Å²) in [6.07, 6.45) is 0.734. The summed E-state index contributed by atoms with van der Waals surface area (Å²) in [5, 5.41) is 3.24. The van der Waals surface area contributed by atoms with Gasteiger partial charge in [0.15, 0.2) is 11.5 Å². The molecule has 0 aliphatic carbocycles. The maximum absolute atomic E-state index is 12.9. The van der Waals surface area contributed by atoms with E-state index in [4.69, 9.17) is 21.1 Å². The van der Waals surface area contributed by atoms with Gasteiger partial charge in [-0.25, -0.2) is 8.42 Å². The smallest absolute Gasteiger partial charge is 0.341 e. The van der Waals surface area contributed by atoms with Gasteiger partial charge in [0.25, 0.3) is 0 Å². The van der Waals surface area contributed by atoms with E-state index >= 15 is 0 Å². The zero-order valence-electron chi connectivity index (χ0n) is 13.5. The zero-order chi connectivity index (χ0) is 18.7. The first-order valence-corrected chi connectivity index (χ1v) is 9.75. The molecule has 0 unspecified atom stereocenters. The van der Waals surface area contributed by atoms with Gasteiger partial charge in [0, 0.05) is 13.0 Å². The predicted molar refractivity (Wildman–Crippen MR) is 94.0 cm³/mol. The molecule has 1 aliphatic heterocycles. The Kier molecular flexibility index (Phi) is 5.52. The SMILES string of the molecule is O=S(=O)(c1ccccc1NCc1cc(Cl)c2c(c1)OCCCO2)C(F)F. The minimum atomic E-state index is -4.71. The number of halogens is 3. The van der Waals surface area contributed by atoms with Crippen LogP contribution in [0.3, 0.4) is 0 Å². The van der Waals surface area contributed by atoms with Crippen molar-refractivity contribution in [3.63, 3.8) is 0 Å². The number of hydrogen-bond donors (Lipinski definition) is 1. The summed E-state index contributed by atoms with van der Waals surface area (Å²) in [5.41, 5.74) is 0.791. The Balaban J connectivity index is 1.85. The fourth-order valence-corrected chi connectivity index (χ4v) is 3.74. The molecule has 1 aliphatic rings. The van der Waals surface area contributed by atoms with E-state index in [9.17, 15) is 17.2 Å². The average Bonchev–Trinajstić information content (AvgIpc) is 2.86. The molecule has 2 aromatic rings. The second kappa shape index (κ2) is 7.67. The van der Waals surface area contributed by atoms with Crippen molar-refractivity contribution < 1.29 is 26.7 Å². The number of nitrogens with one attached hydrogen (secondary N) is 1. The number of fused-ring (bicyclic) bond motifs is 1. The van der Waals surface area contributed by atoms with Crippen molar-refractivity contribution in [1.29, 1.82) is 0 Å². The molecular weight excluding hydrogens is 388 g/mol. The molecule has 2 aromatic carbocycles. The maximum atomic E-state index is 12.9. The summed E-state index contributed by atoms with van der Waals surface area (Å²) in [6, 6.07) is 8.92. The van der Waals surface area contributed by atoms with Crippen LogP contribution in [0, 0.1) is 0 Å². The second-order valence-electron chi connectivity index (χ2n) is 5.61. The van der Waals surface area contributed by atoms with Gasteiger partial charge >= 0.3 is 5.76 Å². The Hall–Kier alpha value is -2.06. The van der Waals surface area contributed by atoms with Gasteiger partial charge in [0.1, 0.15) is 0 Å². The van der Waals surface area contributed by atoms with Crippen LogP contribution in [0.25, 0.3) is 0 Å². The summed E-state index contributed by atoms with van der Waals surface area (Å²) in [6.45, 7) is 1.17. The molecule has 0 aromatic heterocycles. The van der Waals surface area contributed by atoms with Gasteiger partial charge in [-0.3, -0.25) is 0 Å². The van der Waals surface area contributed by atoms with E-state index in [0.29, 0.717) is 35.3 Å². The van der Waals surface area contributed by atoms with Crippen molar-refractivity contribution in [3.8, 4) is 11.5 Å². The third-order valence-corrected chi connectivity index (χ3v) is 5.49. The van der Waals surface area contributed by atoms with Crippen LogP contribution in [-0.4, -0.2) is 27.4 Å². The Bertz CT molecular complexity index is 906. The highest BCUT2D eigenvalue weighted by molar-refractivity contribution is 7.91. The van der Waals surface area contributed by atoms with Gasteiger partial charge in [-0.05, 0) is 29.8 Å². The molecule has 0 saturated heterocycles. The summed E-state index contributed by atoms with van der Waals surface area (Å²) in [4.78, 5) is -0.449. The van der Waals surface area contributed by atoms with Crippen LogP contribution in [-0.2, 0) is 16.4 Å². The Morgan fingerprint density at radius 1 is 1.15 bits per heavy atom. The quantitative estimate of drug-likeness (QED) is 0.813. The number of sulfone groups is 1. The number of hydrogen-bond acceptors (Lipinski definition) is 5. The fraction of sp³-hybridized carbons (Fsp3) is 0.294. The van der Waals surface area contributed by atoms with Crippen LogP contribution in [0.15, 0.2) is 41.3 Å². The molecule has 1 heterocycles. The first-order valence-electron chi connectivity index (χ1n) is 7.82. The average molecular weight is 404 g/mol. The number of ether oxygens (including phenoxy) is 2. The molecule has 0 amide bonds. The minimum absolute atomic E-state index is 0.0935. The molecule has 26 heavy (non-hydrogen) atoms. The van der Waals surface area contributed by atoms with E-state index in [1.807, 2.05) is 0 Å². The predicted octanol–water partition coefficient (Wildman–Crippen LogP) is 4.11. The van der Waals surface area contributed by atoms with Gasteiger partial charge in [-0.1, -0.05) is 23.7 Å². The molecule has 5 nitrogen and oxygen atoms in total. The van der Waals surface area contributed by atoms with Crippen LogP contribution in [0.2, 0.25) is 5.02 Å². The van der Waals surface area contributed by atoms with Gasteiger partial charge in [-0.15, -0.1) is 0 Å². The van der Waals surface area contributed by atoms with Crippen molar-refractivity contribution in [3.05, 3.63) is 47.0 Å². The second-order valence-corrected chi connectivity index (χ2v) is 7.90. The van der Waals surface area contributed by atoms with Crippen molar-refractivity contribution in [1.82, 2.24) is 0 Å². The molecule has 0 radical (unpaired) electrons. The molecular formula is C17H16ClF2NO4S. The number of para-hydroxylation sites is 1. The van der Waals surface area contributed by atoms with Crippen molar-refractivity contribution in [2.75, 3.05) is 18.5 Å². The van der Waals surface area contributed by atoms with E-state index in [0.717, 1.165) is 12.5 Å². The van der Waals surface area contributed by atoms with Crippen LogP contribution >= 0.6 is 11.6 Å². The first-order chi connectivity index (χ1) is 12.4. The lowest BCUT2D eigenvalue weighted by Gasteiger charge is -2.14. The number of anilines is 1. The number of alkyl halides is 2. The van der Waals surface area contributed by atoms with Crippen LogP contribution < -0.4 is 14.8 Å². The molecule has 0 saturated carbocycles. The Morgan fingerprint density at radius 3 is 2.65 bits per heavy atom. The standard InChI is InChI=1S/C17H16ClF2NO4S/c18-12-8-11(9-14-16(12)25-7-3-6-24-14)10-21-13-4-1-2-5-15(13)26(22,23)17(19)20/h1-2,4-5,8-9,17,21H,3,6-7,10H2. The third-order valence-electron chi connectivity index (χ3n) is 3.77. The molecule has 0 spiro atoms. The van der Waals surface area contributed by atoms with Crippen LogP contribution in [0.1, 0.15) is 12.0 Å². The molecule has 0 atom stereocenters. The minimum Gasteiger partial charge on any atom is -0.489 e. The Morgan fingerprint density at radius 2 is 1.88 bits per heavy atom. The highest BCUT2D eigenvalue weighted by Crippen LogP contribution is 2.38. The van der Waals surface area contributed by atoms with E-state index in [2.05, 4.69) is 5.32 Å². The highest BCUT2D eigenvalue weighted by Gasteiger charge is 2.29. The molecule has 3 rings (SSSR count). The maximum Gasteiger partial charge on any atom is 0.341 e. The summed E-state index contributed by atoms with van der Waals surface area (Å²) in [5.74, 6) is -2.52. The highest BCUT2D eigenvalue weighted by atomic mass is 35.5. The number of rotatable bonds is 5. The van der Waals surface area contributed by atoms with E-state index in [-0.39, 0.29) is 12.2 Å². The van der Waals surface area contributed by atoms with Crippen molar-refractivity contribution in [2.45, 2.75) is 23.6 Å². The van der Waals surface area contributed by atoms with Crippen molar-refractivity contribution in [2.24, 2.45) is 0 Å². The van der Waals surface area contributed by atoms with Gasteiger partial charge in [0.2, 0.25) is 9.84 Å². The van der Waals surface area contributed by atoms with Gasteiger partial charge in [0.05, 0.1) is 28.8 Å². The lowest BCUT2D eigenvalue weighted by Crippen LogP contribution is -2.14. The van der Waals surface area contributed by atoms with Gasteiger partial charge in [-0.2, -0.15) is 8.78 Å². The van der Waals surface area contributed by atoms with Crippen molar-refractivity contribution >= 4 is 27.1 Å². The molecule has 0 fully saturated rings. The fourth-order valence-electron chi connectivity index (χ4n) is 2.54. The lowest BCUT2D eigenvalue weighted by atomic mass is 10.2. The molecule has 1 N–H and O–H groups in total. The number of benzene rings is 2. The monoisotopic (exact) mass is 403 g/mol. The molecule has 9 heteroatoms. The zero-order valence-corrected chi connectivity index (χ0v) is 15.1. The molecule has 0 bridgehead atoms. The summed E-state index contributed by atoms with van der Waals surface area (Å²) < 4.78 is 60.5. The van der Waals surface area contributed by atoms with Gasteiger partial charge < -0.3 is 14.8 Å². The largest absolute Gasteiger partial charge is 0.489 e. The van der Waals surface area contributed by atoms with E-state index < -0.39 is 20.5 Å². The van der Waals surface area contributed by atoms with Crippen LogP contribution in [0.4, 0.5) is 14.5 Å². The normalized spacial score (nSPS) is 14.2. The lowest BCUT2D eigenvalue weighted by molar-refractivity contribution is 0.235. The van der Waals surface area contributed by atoms with E-state index in [1.54, 1.807) is 18.2 Å². The topological polar surface area (TPSA) is 64.6 Å². The summed E-state index contributed by atoms with van der Waals surface area (Å²) >= 11 is 6.22. The van der Waals surface area contributed by atoms with E-state index in [1.165, 1.54) is 12.1 Å². The van der Waals surface area contributed by atoms with Crippen LogP contribution in [0.5, 0.6) is 11.5 Å². The summed E-state index contributed by atoms with van der Waals surface area (Å²) in [7, 11) is -4.71. The third kappa shape index (κ3) is 3.86. The molecule has 140 valence electrons. The Labute approximate surface area is 154 Å². The first kappa shape index (κ1) is 18.7.